The average Bonchev–Trinajstić information content (AvgIpc) is 3.22. The number of ether oxygens (including phenoxy) is 1. The van der Waals surface area contributed by atoms with Gasteiger partial charge in [0, 0.05) is 17.2 Å². The molecule has 3 heterocycles. The van der Waals surface area contributed by atoms with Gasteiger partial charge in [0.2, 0.25) is 0 Å². The molecule has 2 aromatic heterocycles. The van der Waals surface area contributed by atoms with Crippen LogP contribution >= 0.6 is 11.3 Å². The molecule has 0 fully saturated rings. The highest BCUT2D eigenvalue weighted by atomic mass is 32.1. The van der Waals surface area contributed by atoms with Gasteiger partial charge in [0.15, 0.2) is 23.2 Å². The Hall–Kier alpha value is -3.99. The normalized spacial score (nSPS) is 12.9. The fourth-order valence-electron chi connectivity index (χ4n) is 3.94. The van der Waals surface area contributed by atoms with E-state index in [1.54, 1.807) is 29.3 Å². The molecule has 0 radical (unpaired) electrons. The number of halogens is 4. The molecule has 2 aromatic carbocycles. The van der Waals surface area contributed by atoms with Gasteiger partial charge in [-0.1, -0.05) is 12.1 Å². The van der Waals surface area contributed by atoms with Crippen LogP contribution in [0.2, 0.25) is 0 Å². The highest BCUT2D eigenvalue weighted by Gasteiger charge is 2.29. The zero-order valence-electron chi connectivity index (χ0n) is 18.0. The Balaban J connectivity index is 1.65. The number of carbonyl (C=O) groups is 2. The van der Waals surface area contributed by atoms with Gasteiger partial charge in [0.05, 0.1) is 34.2 Å². The van der Waals surface area contributed by atoms with Crippen LogP contribution in [0.3, 0.4) is 0 Å². The number of ketones is 1. The van der Waals surface area contributed by atoms with Gasteiger partial charge >= 0.3 is 0 Å². The highest BCUT2D eigenvalue weighted by Crippen LogP contribution is 2.40. The predicted molar refractivity (Wildman–Crippen MR) is 122 cm³/mol. The van der Waals surface area contributed by atoms with Gasteiger partial charge in [-0.2, -0.15) is 0 Å². The summed E-state index contributed by atoms with van der Waals surface area (Å²) in [5, 5.41) is 1.55. The van der Waals surface area contributed by atoms with E-state index < -0.39 is 46.1 Å². The van der Waals surface area contributed by atoms with Crippen molar-refractivity contribution in [3.63, 3.8) is 0 Å². The van der Waals surface area contributed by atoms with Crippen LogP contribution < -0.4 is 15.2 Å². The maximum atomic E-state index is 14.9. The first-order chi connectivity index (χ1) is 16.8. The first-order valence-electron chi connectivity index (χ1n) is 10.3. The van der Waals surface area contributed by atoms with Gasteiger partial charge < -0.3 is 4.74 Å². The number of nitrogens with zero attached hydrogens (tertiary/aromatic N) is 2. The third kappa shape index (κ3) is 3.87. The third-order valence-electron chi connectivity index (χ3n) is 5.44. The molecule has 5 rings (SSSR count). The van der Waals surface area contributed by atoms with E-state index in [4.69, 9.17) is 4.74 Å². The first-order valence-corrected chi connectivity index (χ1v) is 11.1. The number of anilines is 1. The Morgan fingerprint density at radius 2 is 1.89 bits per heavy atom. The summed E-state index contributed by atoms with van der Waals surface area (Å²) in [6, 6.07) is 8.00. The predicted octanol–water partition coefficient (Wildman–Crippen LogP) is 5.27. The topological polar surface area (TPSA) is 71.5 Å². The van der Waals surface area contributed by atoms with Crippen LogP contribution in [0.25, 0.3) is 21.3 Å². The summed E-state index contributed by atoms with van der Waals surface area (Å²) in [6.45, 7) is 1.81. The number of pyridine rings is 1. The minimum absolute atomic E-state index is 0.0736. The summed E-state index contributed by atoms with van der Waals surface area (Å²) in [5.74, 6) is -5.82. The summed E-state index contributed by atoms with van der Waals surface area (Å²) in [4.78, 5) is 29.6. The van der Waals surface area contributed by atoms with Crippen molar-refractivity contribution >= 4 is 38.9 Å². The molecule has 6 nitrogen and oxygen atoms in total. The molecule has 4 aromatic rings. The average molecular weight is 501 g/mol. The number of carbonyl (C=O) groups excluding carboxylic acids is 2. The van der Waals surface area contributed by atoms with Crippen molar-refractivity contribution in [2.45, 2.75) is 6.92 Å². The van der Waals surface area contributed by atoms with Crippen molar-refractivity contribution in [3.05, 3.63) is 76.3 Å². The Bertz CT molecular complexity index is 1520. The smallest absolute Gasteiger partial charge is 0.280 e. The molecular formula is C24H15F4N3O3S. The van der Waals surface area contributed by atoms with Crippen molar-refractivity contribution < 1.29 is 31.9 Å². The monoisotopic (exact) mass is 501 g/mol. The van der Waals surface area contributed by atoms with E-state index in [-0.39, 0.29) is 20.7 Å². The van der Waals surface area contributed by atoms with Gasteiger partial charge in [0.25, 0.3) is 5.91 Å². The molecule has 1 N–H and O–H groups in total. The van der Waals surface area contributed by atoms with Crippen LogP contribution in [0, 0.1) is 23.3 Å². The number of hydrogen-bond acceptors (Lipinski definition) is 6. The van der Waals surface area contributed by atoms with E-state index in [9.17, 15) is 27.2 Å². The van der Waals surface area contributed by atoms with Crippen molar-refractivity contribution in [1.82, 2.24) is 10.4 Å². The Morgan fingerprint density at radius 1 is 1.11 bits per heavy atom. The van der Waals surface area contributed by atoms with E-state index in [2.05, 4.69) is 10.4 Å². The SMILES string of the molecule is CC(=O)c1c(C(=O)NN2CCOc3ccccc32)sc2c(-c3cc(F)cc(F)c3F)c(F)cnc12. The standard InChI is InChI=1S/C24H15F4N3O3S/c1-11(32)18-21-22(19(15(27)10-29-21)13-8-12(25)9-14(26)20(13)28)35-23(18)24(33)30-31-6-7-34-17-5-3-2-4-16(17)31/h2-5,8-10H,6-7H2,1H3,(H,30,33). The zero-order chi connectivity index (χ0) is 24.9. The number of fused-ring (bicyclic) bond motifs is 2. The summed E-state index contributed by atoms with van der Waals surface area (Å²) >= 11 is 0.681. The van der Waals surface area contributed by atoms with Crippen molar-refractivity contribution in [1.29, 1.82) is 0 Å². The lowest BCUT2D eigenvalue weighted by Gasteiger charge is -2.31. The number of hydrogen-bond donors (Lipinski definition) is 1. The molecule has 11 heteroatoms. The molecule has 35 heavy (non-hydrogen) atoms. The van der Waals surface area contributed by atoms with Crippen LogP contribution in [0.1, 0.15) is 27.0 Å². The lowest BCUT2D eigenvalue weighted by atomic mass is 10.0. The Morgan fingerprint density at radius 3 is 2.66 bits per heavy atom. The number of nitrogens with one attached hydrogen (secondary N) is 1. The highest BCUT2D eigenvalue weighted by molar-refractivity contribution is 7.21. The van der Waals surface area contributed by atoms with Crippen molar-refractivity contribution in [2.24, 2.45) is 0 Å². The number of thiophene rings is 1. The van der Waals surface area contributed by atoms with Crippen LogP contribution in [0.4, 0.5) is 23.2 Å². The Labute approximate surface area is 199 Å². The molecule has 0 saturated carbocycles. The van der Waals surface area contributed by atoms with Crippen LogP contribution in [0.5, 0.6) is 5.75 Å². The fraction of sp³-hybridized carbons (Fsp3) is 0.125. The van der Waals surface area contributed by atoms with Crippen molar-refractivity contribution in [3.8, 4) is 16.9 Å². The second-order valence-electron chi connectivity index (χ2n) is 7.68. The second-order valence-corrected chi connectivity index (χ2v) is 8.70. The fourth-order valence-corrected chi connectivity index (χ4v) is 5.19. The van der Waals surface area contributed by atoms with Gasteiger partial charge in [-0.15, -0.1) is 11.3 Å². The lowest BCUT2D eigenvalue weighted by molar-refractivity contribution is 0.0936. The molecule has 1 amide bonds. The molecule has 0 spiro atoms. The number of rotatable bonds is 4. The molecule has 1 aliphatic rings. The summed E-state index contributed by atoms with van der Waals surface area (Å²) in [5.41, 5.74) is 1.95. The second kappa shape index (κ2) is 8.66. The van der Waals surface area contributed by atoms with Gasteiger partial charge in [-0.3, -0.25) is 25.0 Å². The van der Waals surface area contributed by atoms with Gasteiger partial charge in [-0.25, -0.2) is 17.6 Å². The number of hydrazine groups is 1. The molecule has 0 bridgehead atoms. The summed E-state index contributed by atoms with van der Waals surface area (Å²) < 4.78 is 62.7. The molecule has 0 saturated heterocycles. The lowest BCUT2D eigenvalue weighted by Crippen LogP contribution is -2.46. The molecule has 0 atom stereocenters. The van der Waals surface area contributed by atoms with Crippen LogP contribution in [0.15, 0.2) is 42.6 Å². The molecular weight excluding hydrogens is 486 g/mol. The number of benzene rings is 2. The van der Waals surface area contributed by atoms with E-state index in [0.717, 1.165) is 6.20 Å². The molecule has 0 unspecified atom stereocenters. The maximum Gasteiger partial charge on any atom is 0.280 e. The van der Waals surface area contributed by atoms with E-state index >= 15 is 0 Å². The Kier molecular flexibility index (Phi) is 5.64. The quantitative estimate of drug-likeness (QED) is 0.235. The number of aromatic nitrogens is 1. The minimum Gasteiger partial charge on any atom is -0.489 e. The van der Waals surface area contributed by atoms with Gasteiger partial charge in [0.1, 0.15) is 23.1 Å². The van der Waals surface area contributed by atoms with E-state index in [0.29, 0.717) is 48.1 Å². The number of Topliss-reactive ketones (excluding diaryl/α,β-unsaturated/α-hetero) is 1. The van der Waals surface area contributed by atoms with Crippen LogP contribution in [-0.4, -0.2) is 29.8 Å². The first kappa shape index (κ1) is 22.8. The van der Waals surface area contributed by atoms with Gasteiger partial charge in [-0.05, 0) is 25.1 Å². The third-order valence-corrected chi connectivity index (χ3v) is 6.64. The summed E-state index contributed by atoms with van der Waals surface area (Å²) in [7, 11) is 0. The van der Waals surface area contributed by atoms with Crippen LogP contribution in [-0.2, 0) is 0 Å². The number of para-hydroxylation sites is 2. The van der Waals surface area contributed by atoms with Crippen molar-refractivity contribution in [2.75, 3.05) is 18.2 Å². The van der Waals surface area contributed by atoms with E-state index in [1.807, 2.05) is 0 Å². The summed E-state index contributed by atoms with van der Waals surface area (Å²) in [6.07, 6.45) is 0.721. The molecule has 0 aliphatic carbocycles. The maximum absolute atomic E-state index is 14.9. The van der Waals surface area contributed by atoms with E-state index in [1.165, 1.54) is 6.92 Å². The number of amides is 1. The molecule has 1 aliphatic heterocycles. The largest absolute Gasteiger partial charge is 0.489 e. The minimum atomic E-state index is -1.50. The zero-order valence-corrected chi connectivity index (χ0v) is 18.8. The molecule has 178 valence electrons.